The van der Waals surface area contributed by atoms with Gasteiger partial charge >= 0.3 is 0 Å². The molecule has 0 atom stereocenters. The second kappa shape index (κ2) is 6.45. The molecule has 3 aromatic rings. The van der Waals surface area contributed by atoms with E-state index in [0.717, 1.165) is 29.6 Å². The minimum Gasteiger partial charge on any atom is -0.346 e. The van der Waals surface area contributed by atoms with Crippen molar-refractivity contribution >= 4 is 39.9 Å². The molecule has 0 aromatic carbocycles. The molecule has 0 radical (unpaired) electrons. The lowest BCUT2D eigenvalue weighted by molar-refractivity contribution is -0.125. The van der Waals surface area contributed by atoms with Crippen LogP contribution >= 0.6 is 11.3 Å². The van der Waals surface area contributed by atoms with Crippen LogP contribution < -0.4 is 0 Å². The summed E-state index contributed by atoms with van der Waals surface area (Å²) >= 11 is 1.63. The normalized spacial score (nSPS) is 15.2. The third-order valence-corrected chi connectivity index (χ3v) is 4.98. The fourth-order valence-electron chi connectivity index (χ4n) is 2.98. The molecule has 1 aliphatic rings. The van der Waals surface area contributed by atoms with Crippen LogP contribution in [0.5, 0.6) is 0 Å². The summed E-state index contributed by atoms with van der Waals surface area (Å²) in [5.41, 5.74) is 4.46. The predicted molar refractivity (Wildman–Crippen MR) is 98.6 cm³/mol. The highest BCUT2D eigenvalue weighted by Gasteiger charge is 2.18. The Morgan fingerprint density at radius 2 is 2.33 bits per heavy atom. The maximum Gasteiger partial charge on any atom is 0.246 e. The van der Waals surface area contributed by atoms with E-state index in [1.807, 2.05) is 40.1 Å². The molecule has 4 rings (SSSR count). The number of hydrogen-bond donors (Lipinski definition) is 1. The van der Waals surface area contributed by atoms with Gasteiger partial charge in [0.05, 0.1) is 0 Å². The molecular formula is C19H17N3OS. The standard InChI is InChI=1S/C19H17N3OS/c23-18(4-3-14-7-11-24-13-14)22-9-5-15(6-10-22)17-12-21-19-16(17)2-1-8-20-19/h1-5,7-8,11-13H,6,9-10H2,(H,20,21)/b4-3+. The molecule has 4 nitrogen and oxygen atoms in total. The molecule has 0 bridgehead atoms. The molecule has 1 aliphatic heterocycles. The van der Waals surface area contributed by atoms with Gasteiger partial charge in [0, 0.05) is 42.5 Å². The van der Waals surface area contributed by atoms with Crippen LogP contribution in [0.15, 0.2) is 53.5 Å². The summed E-state index contributed by atoms with van der Waals surface area (Å²) in [6.45, 7) is 1.39. The highest BCUT2D eigenvalue weighted by atomic mass is 32.1. The maximum absolute atomic E-state index is 12.3. The molecular weight excluding hydrogens is 318 g/mol. The smallest absolute Gasteiger partial charge is 0.246 e. The van der Waals surface area contributed by atoms with Gasteiger partial charge in [0.25, 0.3) is 0 Å². The first kappa shape index (κ1) is 14.9. The van der Waals surface area contributed by atoms with Crippen LogP contribution in [0.3, 0.4) is 0 Å². The Morgan fingerprint density at radius 1 is 1.38 bits per heavy atom. The summed E-state index contributed by atoms with van der Waals surface area (Å²) in [5.74, 6) is 0.0668. The summed E-state index contributed by atoms with van der Waals surface area (Å²) in [6.07, 6.45) is 10.4. The highest BCUT2D eigenvalue weighted by Crippen LogP contribution is 2.28. The van der Waals surface area contributed by atoms with Crippen molar-refractivity contribution in [3.8, 4) is 0 Å². The fraction of sp³-hybridized carbons (Fsp3) is 0.158. The summed E-state index contributed by atoms with van der Waals surface area (Å²) in [4.78, 5) is 21.7. The first-order valence-electron chi connectivity index (χ1n) is 7.92. The minimum absolute atomic E-state index is 0.0668. The topological polar surface area (TPSA) is 49.0 Å². The molecule has 24 heavy (non-hydrogen) atoms. The van der Waals surface area contributed by atoms with Crippen molar-refractivity contribution in [3.05, 3.63) is 64.6 Å². The molecule has 0 saturated carbocycles. The number of nitrogens with one attached hydrogen (secondary N) is 1. The van der Waals surface area contributed by atoms with E-state index in [2.05, 4.69) is 22.1 Å². The zero-order chi connectivity index (χ0) is 16.4. The lowest BCUT2D eigenvalue weighted by Gasteiger charge is -2.25. The van der Waals surface area contributed by atoms with E-state index in [1.54, 1.807) is 23.6 Å². The van der Waals surface area contributed by atoms with Crippen molar-refractivity contribution in [2.24, 2.45) is 0 Å². The van der Waals surface area contributed by atoms with Gasteiger partial charge in [-0.25, -0.2) is 4.98 Å². The SMILES string of the molecule is O=C(/C=C/c1ccsc1)N1CC=C(c2c[nH]c3ncccc23)CC1. The van der Waals surface area contributed by atoms with Crippen molar-refractivity contribution in [3.63, 3.8) is 0 Å². The van der Waals surface area contributed by atoms with Crippen molar-refractivity contribution in [1.82, 2.24) is 14.9 Å². The number of pyridine rings is 1. The maximum atomic E-state index is 12.3. The third-order valence-electron chi connectivity index (χ3n) is 4.28. The second-order valence-electron chi connectivity index (χ2n) is 5.76. The molecule has 0 aliphatic carbocycles. The Morgan fingerprint density at radius 3 is 3.12 bits per heavy atom. The van der Waals surface area contributed by atoms with Crippen LogP contribution in [0.4, 0.5) is 0 Å². The molecule has 4 heterocycles. The molecule has 0 unspecified atom stereocenters. The van der Waals surface area contributed by atoms with E-state index in [9.17, 15) is 4.79 Å². The van der Waals surface area contributed by atoms with E-state index >= 15 is 0 Å². The monoisotopic (exact) mass is 335 g/mol. The number of aromatic nitrogens is 2. The van der Waals surface area contributed by atoms with Crippen LogP contribution in [-0.4, -0.2) is 33.9 Å². The van der Waals surface area contributed by atoms with Gasteiger partial charge in [0.15, 0.2) is 0 Å². The first-order chi connectivity index (χ1) is 11.8. The van der Waals surface area contributed by atoms with Gasteiger partial charge in [-0.3, -0.25) is 4.79 Å². The number of hydrogen-bond acceptors (Lipinski definition) is 3. The Bertz CT molecular complexity index is 921. The fourth-order valence-corrected chi connectivity index (χ4v) is 3.61. The zero-order valence-corrected chi connectivity index (χ0v) is 13.9. The molecule has 0 spiro atoms. The van der Waals surface area contributed by atoms with Gasteiger partial charge in [-0.15, -0.1) is 0 Å². The summed E-state index contributed by atoms with van der Waals surface area (Å²) in [5, 5.41) is 5.18. The molecule has 0 fully saturated rings. The Balaban J connectivity index is 1.48. The van der Waals surface area contributed by atoms with Gasteiger partial charge in [-0.1, -0.05) is 6.08 Å². The average molecular weight is 335 g/mol. The Labute approximate surface area is 144 Å². The zero-order valence-electron chi connectivity index (χ0n) is 13.1. The second-order valence-corrected chi connectivity index (χ2v) is 6.54. The number of carbonyl (C=O) groups is 1. The molecule has 1 amide bonds. The lowest BCUT2D eigenvalue weighted by atomic mass is 9.99. The number of rotatable bonds is 3. The average Bonchev–Trinajstić information content (AvgIpc) is 3.29. The summed E-state index contributed by atoms with van der Waals surface area (Å²) in [6, 6.07) is 6.04. The van der Waals surface area contributed by atoms with Gasteiger partial charge in [-0.2, -0.15) is 11.3 Å². The van der Waals surface area contributed by atoms with Crippen LogP contribution in [0.25, 0.3) is 22.7 Å². The number of amides is 1. The largest absolute Gasteiger partial charge is 0.346 e. The van der Waals surface area contributed by atoms with Crippen molar-refractivity contribution in [2.75, 3.05) is 13.1 Å². The number of nitrogens with zero attached hydrogens (tertiary/aromatic N) is 2. The van der Waals surface area contributed by atoms with E-state index in [1.165, 1.54) is 11.1 Å². The summed E-state index contributed by atoms with van der Waals surface area (Å²) < 4.78 is 0. The first-order valence-corrected chi connectivity index (χ1v) is 8.86. The lowest BCUT2D eigenvalue weighted by Crippen LogP contribution is -2.33. The van der Waals surface area contributed by atoms with Crippen LogP contribution in [-0.2, 0) is 4.79 Å². The minimum atomic E-state index is 0.0668. The number of aromatic amines is 1. The van der Waals surface area contributed by atoms with Gasteiger partial charge in [0.1, 0.15) is 5.65 Å². The van der Waals surface area contributed by atoms with Crippen LogP contribution in [0.1, 0.15) is 17.5 Å². The molecule has 0 saturated heterocycles. The Hall–Kier alpha value is -2.66. The summed E-state index contributed by atoms with van der Waals surface area (Å²) in [7, 11) is 0. The Kier molecular flexibility index (Phi) is 4.01. The van der Waals surface area contributed by atoms with Gasteiger partial charge in [0.2, 0.25) is 5.91 Å². The number of carbonyl (C=O) groups excluding carboxylic acids is 1. The molecule has 3 aromatic heterocycles. The van der Waals surface area contributed by atoms with E-state index < -0.39 is 0 Å². The van der Waals surface area contributed by atoms with Crippen molar-refractivity contribution in [1.29, 1.82) is 0 Å². The van der Waals surface area contributed by atoms with E-state index in [0.29, 0.717) is 6.54 Å². The van der Waals surface area contributed by atoms with Crippen molar-refractivity contribution in [2.45, 2.75) is 6.42 Å². The van der Waals surface area contributed by atoms with Crippen LogP contribution in [0.2, 0.25) is 0 Å². The van der Waals surface area contributed by atoms with Gasteiger partial charge < -0.3 is 9.88 Å². The van der Waals surface area contributed by atoms with E-state index in [4.69, 9.17) is 0 Å². The molecule has 1 N–H and O–H groups in total. The third kappa shape index (κ3) is 2.90. The molecule has 120 valence electrons. The number of fused-ring (bicyclic) bond motifs is 1. The van der Waals surface area contributed by atoms with E-state index in [-0.39, 0.29) is 5.91 Å². The quantitative estimate of drug-likeness (QED) is 0.737. The number of H-pyrrole nitrogens is 1. The van der Waals surface area contributed by atoms with Crippen molar-refractivity contribution < 1.29 is 4.79 Å². The molecule has 5 heteroatoms. The van der Waals surface area contributed by atoms with Crippen LogP contribution in [0, 0.1) is 0 Å². The van der Waals surface area contributed by atoms with Gasteiger partial charge in [-0.05, 0) is 52.6 Å². The highest BCUT2D eigenvalue weighted by molar-refractivity contribution is 7.08. The number of thiophene rings is 1. The predicted octanol–water partition coefficient (Wildman–Crippen LogP) is 3.95.